The zero-order valence-electron chi connectivity index (χ0n) is 15.7. The Hall–Kier alpha value is -1.97. The summed E-state index contributed by atoms with van der Waals surface area (Å²) in [6, 6.07) is 7.97. The Morgan fingerprint density at radius 3 is 2.85 bits per heavy atom. The number of aliphatic imine (C=N–C) groups is 1. The van der Waals surface area contributed by atoms with Crippen LogP contribution in [-0.4, -0.2) is 42.0 Å². The number of aryl methyl sites for hydroxylation is 1. The summed E-state index contributed by atoms with van der Waals surface area (Å²) < 4.78 is 13.4. The summed E-state index contributed by atoms with van der Waals surface area (Å²) in [7, 11) is 0. The molecule has 148 valence electrons. The molecule has 7 nitrogen and oxygen atoms in total. The van der Waals surface area contributed by atoms with Crippen molar-refractivity contribution in [3.05, 3.63) is 42.2 Å². The first-order valence-corrected chi connectivity index (χ1v) is 9.23. The van der Waals surface area contributed by atoms with Gasteiger partial charge in [0.05, 0.1) is 19.8 Å². The van der Waals surface area contributed by atoms with E-state index in [0.29, 0.717) is 19.8 Å². The first-order chi connectivity index (χ1) is 12.8. The summed E-state index contributed by atoms with van der Waals surface area (Å²) in [6.07, 6.45) is 5.67. The Kier molecular flexibility index (Phi) is 9.23. The lowest BCUT2D eigenvalue weighted by Crippen LogP contribution is -2.38. The highest BCUT2D eigenvalue weighted by atomic mass is 127. The third-order valence-electron chi connectivity index (χ3n) is 3.99. The van der Waals surface area contributed by atoms with E-state index in [0.717, 1.165) is 55.5 Å². The highest BCUT2D eigenvalue weighted by Crippen LogP contribution is 2.30. The smallest absolute Gasteiger partial charge is 0.191 e. The second-order valence-corrected chi connectivity index (χ2v) is 6.08. The van der Waals surface area contributed by atoms with Crippen LogP contribution in [0, 0.1) is 0 Å². The minimum atomic E-state index is 0. The summed E-state index contributed by atoms with van der Waals surface area (Å²) >= 11 is 0. The average Bonchev–Trinajstić information content (AvgIpc) is 3.06. The molecule has 8 heteroatoms. The van der Waals surface area contributed by atoms with Crippen LogP contribution in [0.1, 0.15) is 25.3 Å². The number of nitrogens with zero attached hydrogens (tertiary/aromatic N) is 3. The fourth-order valence-corrected chi connectivity index (χ4v) is 2.70. The quantitative estimate of drug-likeness (QED) is 0.273. The Labute approximate surface area is 177 Å². The molecule has 0 saturated heterocycles. The first kappa shape index (κ1) is 21.3. The van der Waals surface area contributed by atoms with Gasteiger partial charge >= 0.3 is 0 Å². The van der Waals surface area contributed by atoms with Crippen LogP contribution in [0.2, 0.25) is 0 Å². The highest BCUT2D eigenvalue weighted by molar-refractivity contribution is 14.0. The van der Waals surface area contributed by atoms with Crippen molar-refractivity contribution >= 4 is 29.9 Å². The Morgan fingerprint density at radius 2 is 2.07 bits per heavy atom. The van der Waals surface area contributed by atoms with Crippen molar-refractivity contribution in [1.29, 1.82) is 0 Å². The van der Waals surface area contributed by atoms with E-state index in [4.69, 9.17) is 9.47 Å². The number of halogens is 1. The number of rotatable bonds is 7. The standard InChI is InChI=1S/C19H27N5O2.HI/c1-2-20-19(21-8-3-10-24-11-4-9-23-24)22-15-16-6-7-17-18(14-16)26-13-5-12-25-17;/h4,6-7,9,11,14H,2-3,5,8,10,12-13,15H2,1H3,(H2,20,21,22);1H. The van der Waals surface area contributed by atoms with Gasteiger partial charge in [-0.2, -0.15) is 5.10 Å². The second-order valence-electron chi connectivity index (χ2n) is 6.08. The van der Waals surface area contributed by atoms with Crippen molar-refractivity contribution < 1.29 is 9.47 Å². The number of guanidine groups is 1. The zero-order chi connectivity index (χ0) is 18.0. The molecule has 0 unspecified atom stereocenters. The van der Waals surface area contributed by atoms with Gasteiger partial charge < -0.3 is 20.1 Å². The van der Waals surface area contributed by atoms with E-state index in [1.807, 2.05) is 35.1 Å². The van der Waals surface area contributed by atoms with Crippen LogP contribution in [0.5, 0.6) is 11.5 Å². The van der Waals surface area contributed by atoms with E-state index in [1.54, 1.807) is 6.20 Å². The third kappa shape index (κ3) is 6.93. The van der Waals surface area contributed by atoms with Gasteiger partial charge in [-0.1, -0.05) is 6.07 Å². The molecule has 0 bridgehead atoms. The summed E-state index contributed by atoms with van der Waals surface area (Å²) in [4.78, 5) is 4.67. The van der Waals surface area contributed by atoms with Crippen LogP contribution in [0.15, 0.2) is 41.7 Å². The number of hydrogen-bond donors (Lipinski definition) is 2. The SMILES string of the molecule is CCNC(=NCc1ccc2c(c1)OCCCO2)NCCCn1cccn1.I. The summed E-state index contributed by atoms with van der Waals surface area (Å²) in [5, 5.41) is 10.9. The van der Waals surface area contributed by atoms with Crippen molar-refractivity contribution in [2.75, 3.05) is 26.3 Å². The molecule has 0 spiro atoms. The largest absolute Gasteiger partial charge is 0.490 e. The molecule has 1 aliphatic heterocycles. The number of benzene rings is 1. The summed E-state index contributed by atoms with van der Waals surface area (Å²) in [6.45, 7) is 6.61. The molecule has 2 N–H and O–H groups in total. The molecule has 0 fully saturated rings. The Balaban J connectivity index is 0.00000261. The van der Waals surface area contributed by atoms with Crippen LogP contribution < -0.4 is 20.1 Å². The molecular formula is C19H28IN5O2. The van der Waals surface area contributed by atoms with Crippen molar-refractivity contribution in [2.24, 2.45) is 4.99 Å². The predicted octanol–water partition coefficient (Wildman–Crippen LogP) is 2.81. The molecule has 1 aromatic carbocycles. The molecule has 0 saturated carbocycles. The van der Waals surface area contributed by atoms with E-state index in [2.05, 4.69) is 27.6 Å². The molecule has 27 heavy (non-hydrogen) atoms. The second kappa shape index (κ2) is 11.7. The lowest BCUT2D eigenvalue weighted by atomic mass is 10.2. The van der Waals surface area contributed by atoms with Gasteiger partial charge in [-0.25, -0.2) is 4.99 Å². The lowest BCUT2D eigenvalue weighted by Gasteiger charge is -2.12. The van der Waals surface area contributed by atoms with Gasteiger partial charge in [0, 0.05) is 38.4 Å². The van der Waals surface area contributed by atoms with E-state index in [-0.39, 0.29) is 24.0 Å². The maximum Gasteiger partial charge on any atom is 0.191 e. The molecule has 0 aliphatic carbocycles. The number of ether oxygens (including phenoxy) is 2. The van der Waals surface area contributed by atoms with Gasteiger partial charge in [0.25, 0.3) is 0 Å². The van der Waals surface area contributed by atoms with Crippen LogP contribution in [0.4, 0.5) is 0 Å². The molecule has 1 aromatic heterocycles. The van der Waals surface area contributed by atoms with Crippen molar-refractivity contribution in [2.45, 2.75) is 32.9 Å². The molecule has 1 aliphatic rings. The minimum absolute atomic E-state index is 0. The lowest BCUT2D eigenvalue weighted by molar-refractivity contribution is 0.297. The Morgan fingerprint density at radius 1 is 1.22 bits per heavy atom. The van der Waals surface area contributed by atoms with E-state index in [9.17, 15) is 0 Å². The van der Waals surface area contributed by atoms with E-state index < -0.39 is 0 Å². The van der Waals surface area contributed by atoms with Gasteiger partial charge in [0.1, 0.15) is 0 Å². The number of hydrogen-bond acceptors (Lipinski definition) is 4. The van der Waals surface area contributed by atoms with Gasteiger partial charge in [0.15, 0.2) is 17.5 Å². The van der Waals surface area contributed by atoms with Crippen LogP contribution in [0.25, 0.3) is 0 Å². The van der Waals surface area contributed by atoms with Crippen molar-refractivity contribution in [1.82, 2.24) is 20.4 Å². The molecule has 3 rings (SSSR count). The molecule has 0 atom stereocenters. The molecule has 0 amide bonds. The fourth-order valence-electron chi connectivity index (χ4n) is 2.70. The highest BCUT2D eigenvalue weighted by Gasteiger charge is 2.10. The van der Waals surface area contributed by atoms with Gasteiger partial charge in [-0.3, -0.25) is 4.68 Å². The van der Waals surface area contributed by atoms with Crippen LogP contribution in [-0.2, 0) is 13.1 Å². The van der Waals surface area contributed by atoms with Crippen molar-refractivity contribution in [3.63, 3.8) is 0 Å². The average molecular weight is 485 g/mol. The van der Waals surface area contributed by atoms with E-state index >= 15 is 0 Å². The predicted molar refractivity (Wildman–Crippen MR) is 117 cm³/mol. The number of fused-ring (bicyclic) bond motifs is 1. The zero-order valence-corrected chi connectivity index (χ0v) is 18.0. The van der Waals surface area contributed by atoms with Gasteiger partial charge in [-0.05, 0) is 37.1 Å². The maximum absolute atomic E-state index is 5.75. The number of nitrogens with one attached hydrogen (secondary N) is 2. The fraction of sp³-hybridized carbons (Fsp3) is 0.474. The maximum atomic E-state index is 5.75. The third-order valence-corrected chi connectivity index (χ3v) is 3.99. The monoisotopic (exact) mass is 485 g/mol. The number of aromatic nitrogens is 2. The van der Waals surface area contributed by atoms with Crippen molar-refractivity contribution in [3.8, 4) is 11.5 Å². The normalized spacial score (nSPS) is 13.4. The molecule has 0 radical (unpaired) electrons. The Bertz CT molecular complexity index is 706. The van der Waals surface area contributed by atoms with E-state index in [1.165, 1.54) is 0 Å². The minimum Gasteiger partial charge on any atom is -0.490 e. The van der Waals surface area contributed by atoms with Gasteiger partial charge in [0.2, 0.25) is 0 Å². The first-order valence-electron chi connectivity index (χ1n) is 9.23. The van der Waals surface area contributed by atoms with Crippen LogP contribution in [0.3, 0.4) is 0 Å². The topological polar surface area (TPSA) is 72.7 Å². The molecule has 2 aromatic rings. The van der Waals surface area contributed by atoms with Crippen LogP contribution >= 0.6 is 24.0 Å². The molecular weight excluding hydrogens is 457 g/mol. The molecule has 2 heterocycles. The van der Waals surface area contributed by atoms with Gasteiger partial charge in [-0.15, -0.1) is 24.0 Å². The summed E-state index contributed by atoms with van der Waals surface area (Å²) in [5.74, 6) is 2.45. The summed E-state index contributed by atoms with van der Waals surface area (Å²) in [5.41, 5.74) is 1.10.